The number of hydrogen-bond donors (Lipinski definition) is 0. The fourth-order valence-corrected chi connectivity index (χ4v) is 2.26. The summed E-state index contributed by atoms with van der Waals surface area (Å²) >= 11 is 0. The Morgan fingerprint density at radius 1 is 1.00 bits per heavy atom. The quantitative estimate of drug-likeness (QED) is 0.697. The van der Waals surface area contributed by atoms with Crippen LogP contribution in [0.5, 0.6) is 0 Å². The van der Waals surface area contributed by atoms with Crippen molar-refractivity contribution in [2.75, 3.05) is 6.26 Å². The second-order valence-corrected chi connectivity index (χ2v) is 6.29. The standard InChI is InChI=1S/C16H13NO4S/c1-22(18,19)21-17-14-11-16(12-7-3-2-4-8-12)20-15-10-6-5-9-13(14)15/h2-11H,1H3/b17-14-. The predicted octanol–water partition coefficient (Wildman–Crippen LogP) is 2.89. The van der Waals surface area contributed by atoms with E-state index in [4.69, 9.17) is 4.42 Å². The van der Waals surface area contributed by atoms with Crippen molar-refractivity contribution in [1.29, 1.82) is 0 Å². The van der Waals surface area contributed by atoms with Gasteiger partial charge in [0.15, 0.2) is 0 Å². The molecule has 1 heterocycles. The summed E-state index contributed by atoms with van der Waals surface area (Å²) in [5.74, 6) is 0.579. The molecule has 22 heavy (non-hydrogen) atoms. The molecule has 0 unspecified atom stereocenters. The molecule has 0 aliphatic carbocycles. The SMILES string of the molecule is CS(=O)(=O)O/N=c1/cc(-c2ccccc2)oc2ccccc12. The molecule has 0 bridgehead atoms. The molecule has 112 valence electrons. The van der Waals surface area contributed by atoms with Crippen molar-refractivity contribution in [3.05, 3.63) is 66.0 Å². The molecule has 3 rings (SSSR count). The summed E-state index contributed by atoms with van der Waals surface area (Å²) in [6.07, 6.45) is 0.949. The van der Waals surface area contributed by atoms with Crippen LogP contribution in [0.2, 0.25) is 0 Å². The van der Waals surface area contributed by atoms with Crippen LogP contribution in [0.4, 0.5) is 0 Å². The fraction of sp³-hybridized carbons (Fsp3) is 0.0625. The Bertz CT molecular complexity index is 976. The molecule has 0 saturated heterocycles. The van der Waals surface area contributed by atoms with Gasteiger partial charge in [-0.1, -0.05) is 47.6 Å². The third kappa shape index (κ3) is 3.17. The van der Waals surface area contributed by atoms with Gasteiger partial charge in [0.25, 0.3) is 0 Å². The van der Waals surface area contributed by atoms with Gasteiger partial charge >= 0.3 is 10.1 Å². The van der Waals surface area contributed by atoms with Gasteiger partial charge in [0.1, 0.15) is 16.7 Å². The second kappa shape index (κ2) is 5.65. The van der Waals surface area contributed by atoms with Crippen LogP contribution in [0, 0.1) is 0 Å². The number of rotatable bonds is 3. The Kier molecular flexibility index (Phi) is 3.68. The van der Waals surface area contributed by atoms with Crippen molar-refractivity contribution in [1.82, 2.24) is 0 Å². The third-order valence-electron chi connectivity index (χ3n) is 2.98. The highest BCUT2D eigenvalue weighted by Gasteiger charge is 2.07. The molecule has 5 nitrogen and oxygen atoms in total. The van der Waals surface area contributed by atoms with Gasteiger partial charge in [-0.2, -0.15) is 8.42 Å². The number of nitrogens with zero attached hydrogens (tertiary/aromatic N) is 1. The number of benzene rings is 2. The van der Waals surface area contributed by atoms with Gasteiger partial charge in [0.2, 0.25) is 0 Å². The molecule has 0 spiro atoms. The van der Waals surface area contributed by atoms with Crippen LogP contribution < -0.4 is 5.36 Å². The molecule has 1 aromatic heterocycles. The summed E-state index contributed by atoms with van der Waals surface area (Å²) < 4.78 is 32.7. The van der Waals surface area contributed by atoms with E-state index < -0.39 is 10.1 Å². The first-order valence-electron chi connectivity index (χ1n) is 6.54. The van der Waals surface area contributed by atoms with E-state index >= 15 is 0 Å². The van der Waals surface area contributed by atoms with E-state index in [0.29, 0.717) is 22.1 Å². The van der Waals surface area contributed by atoms with Crippen molar-refractivity contribution >= 4 is 21.1 Å². The molecule has 0 fully saturated rings. The highest BCUT2D eigenvalue weighted by Crippen LogP contribution is 2.21. The fourth-order valence-electron chi connectivity index (χ4n) is 2.05. The highest BCUT2D eigenvalue weighted by atomic mass is 32.2. The summed E-state index contributed by atoms with van der Waals surface area (Å²) in [5.41, 5.74) is 1.46. The first kappa shape index (κ1) is 14.3. The summed E-state index contributed by atoms with van der Waals surface area (Å²) in [6, 6.07) is 18.4. The minimum atomic E-state index is -3.67. The zero-order valence-electron chi connectivity index (χ0n) is 11.8. The largest absolute Gasteiger partial charge is 0.456 e. The lowest BCUT2D eigenvalue weighted by Gasteiger charge is -2.04. The van der Waals surface area contributed by atoms with Crippen molar-refractivity contribution < 1.29 is 17.1 Å². The van der Waals surface area contributed by atoms with Crippen molar-refractivity contribution in [2.45, 2.75) is 0 Å². The molecule has 0 aliphatic rings. The summed E-state index contributed by atoms with van der Waals surface area (Å²) in [5, 5.41) is 4.81. The lowest BCUT2D eigenvalue weighted by molar-refractivity contribution is 0.329. The van der Waals surface area contributed by atoms with Crippen LogP contribution in [-0.4, -0.2) is 14.7 Å². The van der Waals surface area contributed by atoms with E-state index in [1.807, 2.05) is 42.5 Å². The lowest BCUT2D eigenvalue weighted by atomic mass is 10.1. The molecule has 0 amide bonds. The molecule has 0 aliphatic heterocycles. The molecule has 0 atom stereocenters. The number of para-hydroxylation sites is 1. The van der Waals surface area contributed by atoms with Crippen molar-refractivity contribution in [2.24, 2.45) is 5.16 Å². The zero-order chi connectivity index (χ0) is 15.6. The monoisotopic (exact) mass is 315 g/mol. The van der Waals surface area contributed by atoms with Gasteiger partial charge in [-0.25, -0.2) is 0 Å². The topological polar surface area (TPSA) is 68.9 Å². The molecule has 0 radical (unpaired) electrons. The Morgan fingerprint density at radius 2 is 1.68 bits per heavy atom. The summed E-state index contributed by atoms with van der Waals surface area (Å²) in [6.45, 7) is 0. The van der Waals surface area contributed by atoms with Crippen LogP contribution >= 0.6 is 0 Å². The maximum atomic E-state index is 11.2. The molecular weight excluding hydrogens is 302 g/mol. The molecule has 3 aromatic rings. The summed E-state index contributed by atoms with van der Waals surface area (Å²) in [7, 11) is -3.67. The van der Waals surface area contributed by atoms with Gasteiger partial charge in [0.05, 0.1) is 6.26 Å². The number of hydrogen-bond acceptors (Lipinski definition) is 5. The zero-order valence-corrected chi connectivity index (χ0v) is 12.6. The van der Waals surface area contributed by atoms with Crippen LogP contribution in [0.1, 0.15) is 0 Å². The van der Waals surface area contributed by atoms with E-state index in [0.717, 1.165) is 11.8 Å². The maximum Gasteiger partial charge on any atom is 0.325 e. The average Bonchev–Trinajstić information content (AvgIpc) is 2.52. The van der Waals surface area contributed by atoms with E-state index in [1.54, 1.807) is 18.2 Å². The first-order chi connectivity index (χ1) is 10.5. The molecule has 2 aromatic carbocycles. The Balaban J connectivity index is 2.25. The van der Waals surface area contributed by atoms with Gasteiger partial charge in [-0.05, 0) is 12.1 Å². The lowest BCUT2D eigenvalue weighted by Crippen LogP contribution is -2.07. The van der Waals surface area contributed by atoms with E-state index in [2.05, 4.69) is 9.44 Å². The molecule has 6 heteroatoms. The minimum Gasteiger partial charge on any atom is -0.456 e. The van der Waals surface area contributed by atoms with Gasteiger partial charge in [0, 0.05) is 17.0 Å². The average molecular weight is 315 g/mol. The van der Waals surface area contributed by atoms with E-state index in [-0.39, 0.29) is 0 Å². The van der Waals surface area contributed by atoms with Crippen molar-refractivity contribution in [3.8, 4) is 11.3 Å². The Hall–Kier alpha value is -2.60. The van der Waals surface area contributed by atoms with Crippen molar-refractivity contribution in [3.63, 3.8) is 0 Å². The van der Waals surface area contributed by atoms with Gasteiger partial charge in [-0.3, -0.25) is 4.28 Å². The van der Waals surface area contributed by atoms with Gasteiger partial charge < -0.3 is 4.42 Å². The van der Waals surface area contributed by atoms with E-state index in [9.17, 15) is 8.42 Å². The molecule has 0 saturated carbocycles. The Labute approximate surface area is 127 Å². The molecule has 0 N–H and O–H groups in total. The van der Waals surface area contributed by atoms with Gasteiger partial charge in [-0.15, -0.1) is 0 Å². The van der Waals surface area contributed by atoms with Crippen LogP contribution in [-0.2, 0) is 14.4 Å². The highest BCUT2D eigenvalue weighted by molar-refractivity contribution is 7.85. The van der Waals surface area contributed by atoms with E-state index in [1.165, 1.54) is 0 Å². The Morgan fingerprint density at radius 3 is 2.41 bits per heavy atom. The third-order valence-corrected chi connectivity index (χ3v) is 3.33. The predicted molar refractivity (Wildman–Crippen MR) is 83.1 cm³/mol. The van der Waals surface area contributed by atoms with Crippen LogP contribution in [0.3, 0.4) is 0 Å². The smallest absolute Gasteiger partial charge is 0.325 e. The van der Waals surface area contributed by atoms with Crippen LogP contribution in [0.25, 0.3) is 22.3 Å². The first-order valence-corrected chi connectivity index (χ1v) is 8.35. The summed E-state index contributed by atoms with van der Waals surface area (Å²) in [4.78, 5) is 0. The maximum absolute atomic E-state index is 11.2. The molecular formula is C16H13NO4S. The normalized spacial score (nSPS) is 12.5. The number of fused-ring (bicyclic) bond motifs is 1. The minimum absolute atomic E-state index is 0.395. The second-order valence-electron chi connectivity index (χ2n) is 4.73. The van der Waals surface area contributed by atoms with Crippen LogP contribution in [0.15, 0.2) is 70.2 Å².